The van der Waals surface area contributed by atoms with E-state index in [1.54, 1.807) is 0 Å². The highest BCUT2D eigenvalue weighted by Crippen LogP contribution is 2.42. The first kappa shape index (κ1) is 11.9. The average Bonchev–Trinajstić information content (AvgIpc) is 3.10. The van der Waals surface area contributed by atoms with Crippen molar-refractivity contribution in [1.82, 2.24) is 5.32 Å². The summed E-state index contributed by atoms with van der Waals surface area (Å²) in [5.74, 6) is 0.810. The molecule has 0 amide bonds. The quantitative estimate of drug-likeness (QED) is 0.874. The van der Waals surface area contributed by atoms with Gasteiger partial charge in [-0.15, -0.1) is 0 Å². The molecule has 0 aromatic heterocycles. The molecule has 2 fully saturated rings. The first-order chi connectivity index (χ1) is 9.33. The maximum atomic E-state index is 6.25. The molecule has 4 rings (SSSR count). The molecule has 2 aliphatic carbocycles. The molecule has 1 aromatic rings. The van der Waals surface area contributed by atoms with E-state index in [1.807, 2.05) is 0 Å². The molecule has 4 unspecified atom stereocenters. The smallest absolute Gasteiger partial charge is 0.0757 e. The number of hydrogen-bond acceptors (Lipinski definition) is 3. The van der Waals surface area contributed by atoms with Gasteiger partial charge in [-0.1, -0.05) is 24.3 Å². The van der Waals surface area contributed by atoms with E-state index >= 15 is 0 Å². The van der Waals surface area contributed by atoms with Crippen molar-refractivity contribution >= 4 is 0 Å². The van der Waals surface area contributed by atoms with E-state index in [2.05, 4.69) is 29.6 Å². The zero-order valence-electron chi connectivity index (χ0n) is 11.2. The molecule has 19 heavy (non-hydrogen) atoms. The lowest BCUT2D eigenvalue weighted by atomic mass is 10.0. The second-order valence-electron chi connectivity index (χ2n) is 6.26. The molecule has 1 heterocycles. The fourth-order valence-corrected chi connectivity index (χ4v) is 3.77. The Morgan fingerprint density at radius 1 is 1.11 bits per heavy atom. The van der Waals surface area contributed by atoms with Crippen molar-refractivity contribution in [3.63, 3.8) is 0 Å². The van der Waals surface area contributed by atoms with Gasteiger partial charge < -0.3 is 15.8 Å². The fourth-order valence-electron chi connectivity index (χ4n) is 3.77. The number of hydrogen-bond donors (Lipinski definition) is 2. The lowest BCUT2D eigenvalue weighted by Gasteiger charge is -2.24. The molecule has 0 bridgehead atoms. The number of nitrogens with two attached hydrogens (primary N) is 1. The van der Waals surface area contributed by atoms with E-state index in [4.69, 9.17) is 10.5 Å². The summed E-state index contributed by atoms with van der Waals surface area (Å²) in [6, 6.07) is 9.74. The van der Waals surface area contributed by atoms with Gasteiger partial charge in [0.25, 0.3) is 0 Å². The Balaban J connectivity index is 1.51. The monoisotopic (exact) mass is 258 g/mol. The first-order valence-electron chi connectivity index (χ1n) is 7.55. The van der Waals surface area contributed by atoms with Gasteiger partial charge in [0.1, 0.15) is 0 Å². The van der Waals surface area contributed by atoms with Gasteiger partial charge in [-0.05, 0) is 42.7 Å². The molecular weight excluding hydrogens is 236 g/mol. The van der Waals surface area contributed by atoms with Gasteiger partial charge in [-0.3, -0.25) is 0 Å². The van der Waals surface area contributed by atoms with E-state index in [1.165, 1.54) is 24.0 Å². The van der Waals surface area contributed by atoms with Gasteiger partial charge in [0.15, 0.2) is 0 Å². The van der Waals surface area contributed by atoms with Gasteiger partial charge >= 0.3 is 0 Å². The first-order valence-corrected chi connectivity index (χ1v) is 7.55. The second-order valence-corrected chi connectivity index (χ2v) is 6.26. The minimum Gasteiger partial charge on any atom is -0.376 e. The number of ether oxygens (including phenoxy) is 1. The SMILES string of the molecule is NC1CC(NC2CCOC2C2CC2)c2ccccc21. The highest BCUT2D eigenvalue weighted by molar-refractivity contribution is 5.37. The Kier molecular flexibility index (Phi) is 2.87. The highest BCUT2D eigenvalue weighted by Gasteiger charge is 2.42. The van der Waals surface area contributed by atoms with Crippen LogP contribution in [0.25, 0.3) is 0 Å². The van der Waals surface area contributed by atoms with Crippen LogP contribution in [0.3, 0.4) is 0 Å². The summed E-state index contributed by atoms with van der Waals surface area (Å²) in [7, 11) is 0. The standard InChI is InChI=1S/C16H22N2O/c17-13-9-15(12-4-2-1-3-11(12)13)18-14-7-8-19-16(14)10-5-6-10/h1-4,10,13-16,18H,5-9,17H2. The Bertz CT molecular complexity index is 472. The maximum Gasteiger partial charge on any atom is 0.0757 e. The van der Waals surface area contributed by atoms with Crippen molar-refractivity contribution in [2.24, 2.45) is 11.7 Å². The zero-order chi connectivity index (χ0) is 12.8. The number of rotatable bonds is 3. The third kappa shape index (κ3) is 2.10. The Morgan fingerprint density at radius 3 is 2.68 bits per heavy atom. The lowest BCUT2D eigenvalue weighted by molar-refractivity contribution is 0.0787. The van der Waals surface area contributed by atoms with Crippen LogP contribution in [0.4, 0.5) is 0 Å². The molecule has 4 atom stereocenters. The predicted octanol–water partition coefficient (Wildman–Crippen LogP) is 2.29. The second kappa shape index (κ2) is 4.58. The molecule has 3 nitrogen and oxygen atoms in total. The summed E-state index contributed by atoms with van der Waals surface area (Å²) in [6.07, 6.45) is 5.32. The van der Waals surface area contributed by atoms with E-state index in [0.29, 0.717) is 18.2 Å². The summed E-state index contributed by atoms with van der Waals surface area (Å²) in [6.45, 7) is 0.916. The normalized spacial score (nSPS) is 37.5. The zero-order valence-corrected chi connectivity index (χ0v) is 11.2. The summed E-state index contributed by atoms with van der Waals surface area (Å²) >= 11 is 0. The number of fused-ring (bicyclic) bond motifs is 1. The Labute approximate surface area is 114 Å². The molecule has 1 aliphatic heterocycles. The van der Waals surface area contributed by atoms with Crippen LogP contribution in [0.2, 0.25) is 0 Å². The minimum absolute atomic E-state index is 0.190. The van der Waals surface area contributed by atoms with Crippen LogP contribution in [-0.2, 0) is 4.74 Å². The van der Waals surface area contributed by atoms with E-state index in [0.717, 1.165) is 25.4 Å². The molecule has 1 saturated heterocycles. The molecule has 1 aromatic carbocycles. The third-order valence-electron chi connectivity index (χ3n) is 4.90. The van der Waals surface area contributed by atoms with Crippen molar-refractivity contribution < 1.29 is 4.74 Å². The van der Waals surface area contributed by atoms with E-state index in [-0.39, 0.29) is 6.04 Å². The maximum absolute atomic E-state index is 6.25. The summed E-state index contributed by atoms with van der Waals surface area (Å²) in [5.41, 5.74) is 8.97. The molecule has 1 saturated carbocycles. The van der Waals surface area contributed by atoms with Gasteiger partial charge in [0, 0.05) is 24.7 Å². The Morgan fingerprint density at radius 2 is 1.89 bits per heavy atom. The highest BCUT2D eigenvalue weighted by atomic mass is 16.5. The molecular formula is C16H22N2O. The van der Waals surface area contributed by atoms with Crippen molar-refractivity contribution in [3.8, 4) is 0 Å². The van der Waals surface area contributed by atoms with Crippen molar-refractivity contribution in [3.05, 3.63) is 35.4 Å². The fraction of sp³-hybridized carbons (Fsp3) is 0.625. The van der Waals surface area contributed by atoms with Gasteiger partial charge in [-0.2, -0.15) is 0 Å². The summed E-state index contributed by atoms with van der Waals surface area (Å²) in [4.78, 5) is 0. The molecule has 0 radical (unpaired) electrons. The lowest BCUT2D eigenvalue weighted by Crippen LogP contribution is -2.39. The average molecular weight is 258 g/mol. The molecule has 0 spiro atoms. The summed E-state index contributed by atoms with van der Waals surface area (Å²) < 4.78 is 5.92. The van der Waals surface area contributed by atoms with Crippen LogP contribution in [0.1, 0.15) is 48.9 Å². The molecule has 3 aliphatic rings. The van der Waals surface area contributed by atoms with Gasteiger partial charge in [0.2, 0.25) is 0 Å². The molecule has 3 N–H and O–H groups in total. The van der Waals surface area contributed by atoms with E-state index < -0.39 is 0 Å². The third-order valence-corrected chi connectivity index (χ3v) is 4.90. The predicted molar refractivity (Wildman–Crippen MR) is 74.7 cm³/mol. The van der Waals surface area contributed by atoms with Gasteiger partial charge in [0.05, 0.1) is 6.10 Å². The van der Waals surface area contributed by atoms with Crippen LogP contribution in [0.15, 0.2) is 24.3 Å². The molecule has 3 heteroatoms. The largest absolute Gasteiger partial charge is 0.376 e. The topological polar surface area (TPSA) is 47.3 Å². The van der Waals surface area contributed by atoms with Gasteiger partial charge in [-0.25, -0.2) is 0 Å². The number of nitrogens with one attached hydrogen (secondary N) is 1. The van der Waals surface area contributed by atoms with E-state index in [9.17, 15) is 0 Å². The Hall–Kier alpha value is -0.900. The van der Waals surface area contributed by atoms with Crippen LogP contribution in [-0.4, -0.2) is 18.8 Å². The minimum atomic E-state index is 0.190. The van der Waals surface area contributed by atoms with Crippen LogP contribution in [0, 0.1) is 5.92 Å². The van der Waals surface area contributed by atoms with Crippen LogP contribution < -0.4 is 11.1 Å². The molecule has 102 valence electrons. The van der Waals surface area contributed by atoms with Crippen molar-refractivity contribution in [1.29, 1.82) is 0 Å². The van der Waals surface area contributed by atoms with Crippen LogP contribution >= 0.6 is 0 Å². The van der Waals surface area contributed by atoms with Crippen LogP contribution in [0.5, 0.6) is 0 Å². The number of benzene rings is 1. The summed E-state index contributed by atoms with van der Waals surface area (Å²) in [5, 5.41) is 3.83. The van der Waals surface area contributed by atoms with Crippen molar-refractivity contribution in [2.45, 2.75) is 49.9 Å². The van der Waals surface area contributed by atoms with Crippen molar-refractivity contribution in [2.75, 3.05) is 6.61 Å².